The molecule has 5 aliphatic heterocycles. The van der Waals surface area contributed by atoms with Gasteiger partial charge in [0.15, 0.2) is 0 Å². The van der Waals surface area contributed by atoms with Crippen molar-refractivity contribution >= 4 is 99.2 Å². The Kier molecular flexibility index (Phi) is 23.8. The Morgan fingerprint density at radius 2 is 1.10 bits per heavy atom. The third-order valence-corrected chi connectivity index (χ3v) is 12.7. The third-order valence-electron chi connectivity index (χ3n) is 12.1. The fourth-order valence-corrected chi connectivity index (χ4v) is 8.51. The van der Waals surface area contributed by atoms with Gasteiger partial charge in [-0.05, 0) is 122 Å². The van der Waals surface area contributed by atoms with Gasteiger partial charge in [0.25, 0.3) is 17.7 Å². The fourth-order valence-electron chi connectivity index (χ4n) is 8.31. The average molecular weight is 1150 g/mol. The van der Waals surface area contributed by atoms with Crippen molar-refractivity contribution in [1.82, 2.24) is 30.2 Å². The summed E-state index contributed by atoms with van der Waals surface area (Å²) in [6.45, 7) is 16.6. The molecule has 5 aromatic rings. The van der Waals surface area contributed by atoms with Crippen LogP contribution >= 0.6 is 47.2 Å². The Bertz CT molecular complexity index is 2950. The highest BCUT2D eigenvalue weighted by Gasteiger charge is 2.30. The Hall–Kier alpha value is -7.62. The van der Waals surface area contributed by atoms with Gasteiger partial charge in [0.05, 0.1) is 51.3 Å². The van der Waals surface area contributed by atoms with E-state index < -0.39 is 17.2 Å². The lowest BCUT2D eigenvalue weighted by Crippen LogP contribution is -2.37. The van der Waals surface area contributed by atoms with Crippen molar-refractivity contribution in [3.05, 3.63) is 156 Å². The van der Waals surface area contributed by atoms with Crippen LogP contribution in [-0.2, 0) is 27.2 Å². The number of fused-ring (bicyclic) bond motifs is 3. The summed E-state index contributed by atoms with van der Waals surface area (Å²) in [6.07, 6.45) is 13.9. The molecule has 10 rings (SSSR count). The van der Waals surface area contributed by atoms with Gasteiger partial charge in [-0.3, -0.25) is 19.2 Å². The fraction of sp³-hybridized carbons (Fsp3) is 0.296. The zero-order chi connectivity index (χ0) is 55.4. The summed E-state index contributed by atoms with van der Waals surface area (Å²) in [4.78, 5) is 89.3. The summed E-state index contributed by atoms with van der Waals surface area (Å²) < 4.78 is 16.3. The van der Waals surface area contributed by atoms with Crippen LogP contribution in [0.1, 0.15) is 55.6 Å². The molecule has 0 saturated carbocycles. The molecule has 0 bridgehead atoms. The molecule has 0 aliphatic carbocycles. The van der Waals surface area contributed by atoms with Crippen LogP contribution < -0.4 is 34.6 Å². The summed E-state index contributed by atoms with van der Waals surface area (Å²) in [5.41, 5.74) is 3.04. The molecule has 78 heavy (non-hydrogen) atoms. The molecule has 2 atom stereocenters. The number of rotatable bonds is 10. The van der Waals surface area contributed by atoms with Crippen LogP contribution in [-0.4, -0.2) is 136 Å². The maximum Gasteiger partial charge on any atom is 0.335 e. The zero-order valence-corrected chi connectivity index (χ0v) is 45.2. The van der Waals surface area contributed by atoms with E-state index >= 15 is 0 Å². The molecular formula is C54H57Cl4N9O11. The first-order valence-electron chi connectivity index (χ1n) is 24.2. The molecule has 0 spiro atoms. The second kappa shape index (κ2) is 30.4. The number of amides is 3. The second-order valence-electron chi connectivity index (χ2n) is 17.4. The number of aromatic carboxylic acids is 2. The maximum absolute atomic E-state index is 13.0. The first-order chi connectivity index (χ1) is 37.1. The second-order valence-corrected chi connectivity index (χ2v) is 18.6. The number of likely N-dealkylation sites (tertiary alicyclic amines) is 1. The molecule has 2 fully saturated rings. The van der Waals surface area contributed by atoms with E-state index in [1.165, 1.54) is 41.7 Å². The molecule has 0 radical (unpaired) electrons. The number of benzene rings is 3. The van der Waals surface area contributed by atoms with Gasteiger partial charge in [-0.25, -0.2) is 29.5 Å². The number of halogens is 4. The molecule has 4 N–H and O–H groups in total. The number of carbonyl (C=O) groups is 6. The first-order valence-corrected chi connectivity index (χ1v) is 25.3. The molecule has 2 aromatic heterocycles. The van der Waals surface area contributed by atoms with E-state index in [1.807, 2.05) is 4.90 Å². The van der Waals surface area contributed by atoms with Gasteiger partial charge >= 0.3 is 11.9 Å². The third kappa shape index (κ3) is 17.7. The van der Waals surface area contributed by atoms with E-state index in [1.54, 1.807) is 66.1 Å². The van der Waals surface area contributed by atoms with Crippen LogP contribution in [0.2, 0.25) is 10.0 Å². The molecular weight excluding hydrogens is 1090 g/mol. The molecule has 0 unspecified atom stereocenters. The van der Waals surface area contributed by atoms with E-state index in [9.17, 15) is 28.8 Å². The van der Waals surface area contributed by atoms with Crippen molar-refractivity contribution in [3.63, 3.8) is 0 Å². The normalized spacial score (nSPS) is 16.1. The summed E-state index contributed by atoms with van der Waals surface area (Å²) in [5, 5.41) is 24.6. The topological polar surface area (TPSA) is 256 Å². The monoisotopic (exact) mass is 1150 g/mol. The number of aromatic nitrogens is 4. The van der Waals surface area contributed by atoms with Crippen LogP contribution in [0.5, 0.6) is 17.2 Å². The highest BCUT2D eigenvalue weighted by molar-refractivity contribution is 6.66. The van der Waals surface area contributed by atoms with E-state index in [-0.39, 0.29) is 41.3 Å². The molecule has 24 heteroatoms. The van der Waals surface area contributed by atoms with Gasteiger partial charge in [-0.15, -0.1) is 12.4 Å². The number of nitrogens with one attached hydrogen (secondary N) is 2. The Balaban J connectivity index is 0.000000196. The highest BCUT2D eigenvalue weighted by atomic mass is 35.5. The Morgan fingerprint density at radius 3 is 1.59 bits per heavy atom. The minimum Gasteiger partial charge on any atom is -0.490 e. The van der Waals surface area contributed by atoms with Gasteiger partial charge in [0.2, 0.25) is 5.24 Å². The van der Waals surface area contributed by atoms with Crippen molar-refractivity contribution in [1.29, 1.82) is 0 Å². The number of ether oxygens (including phenoxy) is 3. The lowest BCUT2D eigenvalue weighted by molar-refractivity contribution is -0.115. The quantitative estimate of drug-likeness (QED) is 0.0766. The predicted octanol–water partition coefficient (Wildman–Crippen LogP) is 7.87. The van der Waals surface area contributed by atoms with Gasteiger partial charge < -0.3 is 49.8 Å². The number of anilines is 3. The van der Waals surface area contributed by atoms with Crippen LogP contribution in [0.25, 0.3) is 0 Å². The first kappa shape index (κ1) is 61.2. The van der Waals surface area contributed by atoms with Crippen LogP contribution in [0.15, 0.2) is 117 Å². The molecule has 3 aromatic carbocycles. The number of allylic oxidation sites excluding steroid dienone is 1. The average Bonchev–Trinajstić information content (AvgIpc) is 4.20. The van der Waals surface area contributed by atoms with Gasteiger partial charge in [-0.1, -0.05) is 42.9 Å². The summed E-state index contributed by atoms with van der Waals surface area (Å²) in [7, 11) is 0. The van der Waals surface area contributed by atoms with Gasteiger partial charge in [-0.2, -0.15) is 0 Å². The minimum atomic E-state index is -1.02. The lowest BCUT2D eigenvalue weighted by atomic mass is 10.0. The Labute approximate surface area is 471 Å². The van der Waals surface area contributed by atoms with E-state index in [0.717, 1.165) is 55.9 Å². The molecule has 412 valence electrons. The number of carbonyl (C=O) groups excluding carboxylic acids is 4. The molecule has 3 amide bonds. The van der Waals surface area contributed by atoms with Crippen molar-refractivity contribution in [2.24, 2.45) is 11.8 Å². The maximum atomic E-state index is 13.0. The number of carboxylic acid groups (broad SMARTS) is 2. The molecule has 7 heterocycles. The van der Waals surface area contributed by atoms with E-state index in [4.69, 9.17) is 59.2 Å². The largest absolute Gasteiger partial charge is 0.490 e. The van der Waals surface area contributed by atoms with Crippen molar-refractivity contribution in [2.45, 2.75) is 25.7 Å². The minimum absolute atomic E-state index is 0. The standard InChI is InChI=1S/C21H21ClN4O3.C12H11NO4.C9H12ClN3.C9H9NO3.C3H3ClO.ClH/c1-2-20(27)26-7-8-29-18-10-15(3-4-17(18)26)21(28)25-6-5-14(13-25)9-19-23-11-16(22)12-24-19;1-2-11(14)13-5-6-17-10-7-8(12(15)16)3-4-9(10)13;10-8-5-12-9(13-6-8)3-7-1-2-11-4-7;11-9(12)6-1-2-7-8(5-6)13-4-3-10-7;1-2-3(4)5;/h2-4,10-12,14H,1,5-9,13H2;2-4,7H,1,5-6H2,(H,15,16);5-7,11H,1-4H2;1-2,5,10H,3-4H2,(H,11,12);2H,1H2;1H/t14-;;7-;;;/m0.0.../s1. The van der Waals surface area contributed by atoms with Gasteiger partial charge in [0, 0.05) is 62.8 Å². The summed E-state index contributed by atoms with van der Waals surface area (Å²) in [6, 6.07) is 14.5. The summed E-state index contributed by atoms with van der Waals surface area (Å²) in [5.74, 6) is 1.82. The molecule has 2 saturated heterocycles. The van der Waals surface area contributed by atoms with Crippen molar-refractivity contribution in [2.75, 3.05) is 80.8 Å². The molecule has 20 nitrogen and oxygen atoms in total. The smallest absolute Gasteiger partial charge is 0.335 e. The number of hydrogen-bond donors (Lipinski definition) is 4. The zero-order valence-electron chi connectivity index (χ0n) is 42.2. The van der Waals surface area contributed by atoms with Crippen LogP contribution in [0.4, 0.5) is 17.1 Å². The summed E-state index contributed by atoms with van der Waals surface area (Å²) >= 11 is 16.2. The Morgan fingerprint density at radius 1 is 0.628 bits per heavy atom. The van der Waals surface area contributed by atoms with Crippen LogP contribution in [0, 0.1) is 11.8 Å². The lowest BCUT2D eigenvalue weighted by Gasteiger charge is -2.29. The van der Waals surface area contributed by atoms with Gasteiger partial charge in [0.1, 0.15) is 48.7 Å². The van der Waals surface area contributed by atoms with Crippen molar-refractivity contribution in [3.8, 4) is 17.2 Å². The number of nitrogens with zero attached hydrogens (tertiary/aromatic N) is 7. The number of carboxylic acids is 2. The molecule has 5 aliphatic rings. The van der Waals surface area contributed by atoms with E-state index in [0.29, 0.717) is 108 Å². The SMILES string of the molecule is C=CC(=O)Cl.C=CC(=O)N1CCOc2cc(C(=O)N3CC[C@@H](Cc4ncc(Cl)cn4)C3)ccc21.C=CC(=O)N1CCOc2cc(C(=O)O)ccc21.Cl.Clc1cnc(C[C@@H]2CCNC2)nc1.O=C(O)c1ccc2c(c1)OCCN2. The predicted molar refractivity (Wildman–Crippen MR) is 298 cm³/mol. The van der Waals surface area contributed by atoms with Crippen molar-refractivity contribution < 1.29 is 53.2 Å². The highest BCUT2D eigenvalue weighted by Crippen LogP contribution is 2.35. The van der Waals surface area contributed by atoms with E-state index in [2.05, 4.69) is 50.3 Å². The van der Waals surface area contributed by atoms with Crippen LogP contribution in [0.3, 0.4) is 0 Å². The number of hydrogen-bond acceptors (Lipinski definition) is 15.